The van der Waals surface area contributed by atoms with Crippen molar-refractivity contribution in [2.24, 2.45) is 5.10 Å². The summed E-state index contributed by atoms with van der Waals surface area (Å²) in [5.74, 6) is -0.664. The van der Waals surface area contributed by atoms with E-state index in [1.54, 1.807) is 42.5 Å². The lowest BCUT2D eigenvalue weighted by molar-refractivity contribution is -0.385. The number of carbonyl (C=O) groups is 2. The highest BCUT2D eigenvalue weighted by molar-refractivity contribution is 5.92. The van der Waals surface area contributed by atoms with Crippen molar-refractivity contribution in [2.45, 2.75) is 6.92 Å². The van der Waals surface area contributed by atoms with Crippen LogP contribution in [-0.2, 0) is 4.79 Å². The minimum absolute atomic E-state index is 0.00698. The fraction of sp³-hybridized carbons (Fsp3) is 0.0870. The molecule has 0 atom stereocenters. The van der Waals surface area contributed by atoms with Crippen LogP contribution in [0.5, 0.6) is 11.5 Å². The molecule has 0 radical (unpaired) electrons. The molecule has 3 aromatic rings. The number of carbonyl (C=O) groups excluding carboxylic acids is 2. The van der Waals surface area contributed by atoms with Crippen LogP contribution in [0.2, 0.25) is 0 Å². The molecule has 9 heteroatoms. The van der Waals surface area contributed by atoms with Crippen LogP contribution in [-0.4, -0.2) is 29.6 Å². The van der Waals surface area contributed by atoms with Crippen LogP contribution < -0.4 is 14.9 Å². The van der Waals surface area contributed by atoms with E-state index in [0.29, 0.717) is 16.9 Å². The predicted octanol–water partition coefficient (Wildman–Crippen LogP) is 3.65. The molecular formula is C23H19N3O6. The van der Waals surface area contributed by atoms with Gasteiger partial charge in [-0.25, -0.2) is 10.2 Å². The topological polar surface area (TPSA) is 120 Å². The van der Waals surface area contributed by atoms with Crippen LogP contribution in [0, 0.1) is 17.0 Å². The average Bonchev–Trinajstić information content (AvgIpc) is 2.79. The highest BCUT2D eigenvalue weighted by Crippen LogP contribution is 2.25. The van der Waals surface area contributed by atoms with Crippen LogP contribution in [0.25, 0.3) is 0 Å². The van der Waals surface area contributed by atoms with Crippen molar-refractivity contribution in [3.8, 4) is 11.5 Å². The standard InChI is InChI=1S/C23H19N3O6/c1-16-6-2-3-7-19(16)23(28)32-18-12-10-17(11-13-18)14-24-25-22(27)15-31-21-9-5-4-8-20(21)26(29)30/h2-14H,15H2,1H3,(H,25,27)/b24-14-. The highest BCUT2D eigenvalue weighted by atomic mass is 16.6. The Morgan fingerprint density at radius 1 is 1.03 bits per heavy atom. The van der Waals surface area contributed by atoms with Crippen molar-refractivity contribution in [3.05, 3.63) is 99.6 Å². The molecule has 0 saturated carbocycles. The Balaban J connectivity index is 1.49. The van der Waals surface area contributed by atoms with E-state index in [1.165, 1.54) is 24.4 Å². The largest absolute Gasteiger partial charge is 0.477 e. The molecule has 0 bridgehead atoms. The smallest absolute Gasteiger partial charge is 0.343 e. The number of rotatable bonds is 8. The van der Waals surface area contributed by atoms with Gasteiger partial charge in [0, 0.05) is 6.07 Å². The zero-order valence-corrected chi connectivity index (χ0v) is 17.1. The third-order valence-corrected chi connectivity index (χ3v) is 4.28. The Labute approximate surface area is 183 Å². The minimum Gasteiger partial charge on any atom is -0.477 e. The van der Waals surface area contributed by atoms with Crippen molar-refractivity contribution in [1.29, 1.82) is 0 Å². The molecule has 9 nitrogen and oxygen atoms in total. The summed E-state index contributed by atoms with van der Waals surface area (Å²) in [5.41, 5.74) is 4.01. The molecule has 0 heterocycles. The van der Waals surface area contributed by atoms with Gasteiger partial charge >= 0.3 is 11.7 Å². The monoisotopic (exact) mass is 433 g/mol. The SMILES string of the molecule is Cc1ccccc1C(=O)Oc1ccc(/C=N\NC(=O)COc2ccccc2[N+](=O)[O-])cc1. The predicted molar refractivity (Wildman–Crippen MR) is 117 cm³/mol. The van der Waals surface area contributed by atoms with E-state index in [0.717, 1.165) is 5.56 Å². The number of benzene rings is 3. The van der Waals surface area contributed by atoms with Crippen molar-refractivity contribution in [3.63, 3.8) is 0 Å². The minimum atomic E-state index is -0.590. The van der Waals surface area contributed by atoms with Gasteiger partial charge in [-0.05, 0) is 54.4 Å². The lowest BCUT2D eigenvalue weighted by Gasteiger charge is -2.07. The molecule has 0 aliphatic rings. The molecule has 0 fully saturated rings. The lowest BCUT2D eigenvalue weighted by Crippen LogP contribution is -2.24. The maximum atomic E-state index is 12.2. The van der Waals surface area contributed by atoms with Gasteiger partial charge in [0.05, 0.1) is 16.7 Å². The van der Waals surface area contributed by atoms with E-state index in [2.05, 4.69) is 10.5 Å². The number of hydrogen-bond acceptors (Lipinski definition) is 7. The zero-order valence-electron chi connectivity index (χ0n) is 17.1. The van der Waals surface area contributed by atoms with Gasteiger partial charge in [-0.3, -0.25) is 14.9 Å². The van der Waals surface area contributed by atoms with E-state index in [9.17, 15) is 19.7 Å². The molecular weight excluding hydrogens is 414 g/mol. The summed E-state index contributed by atoms with van der Waals surface area (Å²) in [6, 6.07) is 19.5. The zero-order chi connectivity index (χ0) is 22.9. The number of hydrogen-bond donors (Lipinski definition) is 1. The van der Waals surface area contributed by atoms with Gasteiger partial charge in [-0.2, -0.15) is 5.10 Å². The van der Waals surface area contributed by atoms with Crippen LogP contribution in [0.15, 0.2) is 77.9 Å². The first-order valence-corrected chi connectivity index (χ1v) is 9.50. The number of nitro groups is 1. The Bertz CT molecular complexity index is 1160. The summed E-state index contributed by atoms with van der Waals surface area (Å²) >= 11 is 0. The van der Waals surface area contributed by atoms with Gasteiger partial charge in [-0.1, -0.05) is 30.3 Å². The van der Waals surface area contributed by atoms with E-state index in [1.807, 2.05) is 19.1 Å². The molecule has 3 aromatic carbocycles. The number of nitro benzene ring substituents is 1. The second kappa shape index (κ2) is 10.5. The van der Waals surface area contributed by atoms with Crippen molar-refractivity contribution < 1.29 is 24.0 Å². The fourth-order valence-electron chi connectivity index (χ4n) is 2.67. The molecule has 0 unspecified atom stereocenters. The molecule has 0 spiro atoms. The first-order chi connectivity index (χ1) is 15.4. The maximum Gasteiger partial charge on any atom is 0.343 e. The van der Waals surface area contributed by atoms with Crippen molar-refractivity contribution in [1.82, 2.24) is 5.43 Å². The summed E-state index contributed by atoms with van der Waals surface area (Å²) in [4.78, 5) is 34.4. The molecule has 0 aromatic heterocycles. The molecule has 162 valence electrons. The van der Waals surface area contributed by atoms with Gasteiger partial charge in [0.2, 0.25) is 0 Å². The van der Waals surface area contributed by atoms with E-state index in [-0.39, 0.29) is 11.4 Å². The van der Waals surface area contributed by atoms with Gasteiger partial charge in [-0.15, -0.1) is 0 Å². The molecule has 0 saturated heterocycles. The summed E-state index contributed by atoms with van der Waals surface area (Å²) < 4.78 is 10.5. The number of ether oxygens (including phenoxy) is 2. The van der Waals surface area contributed by atoms with E-state index >= 15 is 0 Å². The second-order valence-electron chi connectivity index (χ2n) is 6.58. The first kappa shape index (κ1) is 22.2. The number of aryl methyl sites for hydroxylation is 1. The van der Waals surface area contributed by atoms with Crippen LogP contribution >= 0.6 is 0 Å². The second-order valence-corrected chi connectivity index (χ2v) is 6.58. The Morgan fingerprint density at radius 2 is 1.72 bits per heavy atom. The maximum absolute atomic E-state index is 12.2. The summed E-state index contributed by atoms with van der Waals surface area (Å²) in [6.45, 7) is 1.40. The number of esters is 1. The summed E-state index contributed by atoms with van der Waals surface area (Å²) in [7, 11) is 0. The van der Waals surface area contributed by atoms with Crippen LogP contribution in [0.3, 0.4) is 0 Å². The van der Waals surface area contributed by atoms with Crippen LogP contribution in [0.1, 0.15) is 21.5 Å². The van der Waals surface area contributed by atoms with E-state index < -0.39 is 23.4 Å². The number of hydrazone groups is 1. The van der Waals surface area contributed by atoms with Gasteiger partial charge < -0.3 is 9.47 Å². The molecule has 0 aliphatic carbocycles. The molecule has 32 heavy (non-hydrogen) atoms. The average molecular weight is 433 g/mol. The molecule has 1 N–H and O–H groups in total. The number of amides is 1. The molecule has 0 aliphatic heterocycles. The highest BCUT2D eigenvalue weighted by Gasteiger charge is 2.14. The number of nitrogens with one attached hydrogen (secondary N) is 1. The van der Waals surface area contributed by atoms with Gasteiger partial charge in [0.25, 0.3) is 5.91 Å². The third kappa shape index (κ3) is 5.99. The molecule has 3 rings (SSSR count). The summed E-state index contributed by atoms with van der Waals surface area (Å²) in [6.07, 6.45) is 1.40. The fourth-order valence-corrected chi connectivity index (χ4v) is 2.67. The number of nitrogens with zero attached hydrogens (tertiary/aromatic N) is 2. The summed E-state index contributed by atoms with van der Waals surface area (Å²) in [5, 5.41) is 14.8. The molecule has 1 amide bonds. The van der Waals surface area contributed by atoms with Crippen molar-refractivity contribution in [2.75, 3.05) is 6.61 Å². The van der Waals surface area contributed by atoms with Crippen molar-refractivity contribution >= 4 is 23.8 Å². The van der Waals surface area contributed by atoms with Gasteiger partial charge in [0.1, 0.15) is 5.75 Å². The quantitative estimate of drug-likeness (QED) is 0.190. The van der Waals surface area contributed by atoms with E-state index in [4.69, 9.17) is 9.47 Å². The third-order valence-electron chi connectivity index (χ3n) is 4.28. The Morgan fingerprint density at radius 3 is 2.44 bits per heavy atom. The first-order valence-electron chi connectivity index (χ1n) is 9.50. The van der Waals surface area contributed by atoms with Gasteiger partial charge in [0.15, 0.2) is 12.4 Å². The Hall–Kier alpha value is -4.53. The Kier molecular flexibility index (Phi) is 7.26. The number of para-hydroxylation sites is 2. The van der Waals surface area contributed by atoms with Crippen LogP contribution in [0.4, 0.5) is 5.69 Å². The normalized spacial score (nSPS) is 10.5. The lowest BCUT2D eigenvalue weighted by atomic mass is 10.1.